The Labute approximate surface area is 152 Å². The Morgan fingerprint density at radius 3 is 2.04 bits per heavy atom. The van der Waals surface area contributed by atoms with Crippen LogP contribution in [0.25, 0.3) is 0 Å². The molecule has 2 rings (SSSR count). The van der Waals surface area contributed by atoms with E-state index in [1.54, 1.807) is 24.0 Å². The van der Waals surface area contributed by atoms with Crippen molar-refractivity contribution in [3.8, 4) is 0 Å². The highest BCUT2D eigenvalue weighted by Crippen LogP contribution is 2.26. The maximum atomic E-state index is 13.6. The quantitative estimate of drug-likeness (QED) is 0.343. The first-order valence-electron chi connectivity index (χ1n) is 8.13. The van der Waals surface area contributed by atoms with Crippen molar-refractivity contribution in [2.45, 2.75) is 40.7 Å². The average Bonchev–Trinajstić information content (AvgIpc) is 2.85. The zero-order valence-electron chi connectivity index (χ0n) is 15.2. The number of hydrogen-bond donors (Lipinski definition) is 2. The summed E-state index contributed by atoms with van der Waals surface area (Å²) < 4.78 is 68.3. The number of rotatable bonds is 6. The first-order valence-corrected chi connectivity index (χ1v) is 8.13. The lowest BCUT2D eigenvalue weighted by molar-refractivity contribution is -0.119. The molecule has 0 radical (unpaired) electrons. The molecule has 27 heavy (non-hydrogen) atoms. The van der Waals surface area contributed by atoms with Gasteiger partial charge in [0.05, 0.1) is 12.1 Å². The van der Waals surface area contributed by atoms with E-state index >= 15 is 0 Å². The Hall–Kier alpha value is -2.65. The molecule has 1 heterocycles. The number of nitrogens with one attached hydrogen (secondary N) is 2. The number of nitrogens with zero attached hydrogens (tertiary/aromatic N) is 2. The van der Waals surface area contributed by atoms with E-state index in [2.05, 4.69) is 5.10 Å². The second-order valence-corrected chi connectivity index (χ2v) is 6.52. The van der Waals surface area contributed by atoms with Gasteiger partial charge in [-0.15, -0.1) is 0 Å². The van der Waals surface area contributed by atoms with Crippen molar-refractivity contribution in [1.29, 1.82) is 0 Å². The maximum absolute atomic E-state index is 13.6. The normalized spacial score (nSPS) is 11.2. The van der Waals surface area contributed by atoms with Crippen LogP contribution < -0.4 is 10.9 Å². The zero-order chi connectivity index (χ0) is 20.5. The maximum Gasteiger partial charge on any atom is 0.242 e. The van der Waals surface area contributed by atoms with Gasteiger partial charge in [-0.3, -0.25) is 20.3 Å². The number of aromatic nitrogens is 2. The van der Waals surface area contributed by atoms with Crippen LogP contribution in [0.3, 0.4) is 0 Å². The van der Waals surface area contributed by atoms with Crippen LogP contribution in [0, 0.1) is 48.9 Å². The van der Waals surface area contributed by atoms with Gasteiger partial charge in [0.2, 0.25) is 11.7 Å². The van der Waals surface area contributed by atoms with Crippen molar-refractivity contribution < 1.29 is 26.7 Å². The van der Waals surface area contributed by atoms with Crippen LogP contribution >= 0.6 is 0 Å². The van der Waals surface area contributed by atoms with E-state index in [4.69, 9.17) is 0 Å². The van der Waals surface area contributed by atoms with E-state index in [9.17, 15) is 26.7 Å². The fourth-order valence-electron chi connectivity index (χ4n) is 2.57. The van der Waals surface area contributed by atoms with E-state index in [0.29, 0.717) is 23.7 Å². The molecule has 0 fully saturated rings. The summed E-state index contributed by atoms with van der Waals surface area (Å²) in [5, 5.41) is 4.34. The number of hydrazine groups is 1. The monoisotopic (exact) mass is 390 g/mol. The predicted octanol–water partition coefficient (Wildman–Crippen LogP) is 3.54. The van der Waals surface area contributed by atoms with Crippen LogP contribution in [0.4, 0.5) is 27.6 Å². The molecule has 0 saturated carbocycles. The fourth-order valence-corrected chi connectivity index (χ4v) is 2.57. The van der Waals surface area contributed by atoms with Crippen LogP contribution in [0.1, 0.15) is 30.8 Å². The van der Waals surface area contributed by atoms with Crippen molar-refractivity contribution in [2.75, 3.05) is 5.43 Å². The second-order valence-electron chi connectivity index (χ2n) is 6.52. The predicted molar refractivity (Wildman–Crippen MR) is 88.2 cm³/mol. The molecule has 0 aliphatic heterocycles. The molecular weight excluding hydrogens is 371 g/mol. The molecule has 0 aliphatic rings. The van der Waals surface area contributed by atoms with Crippen LogP contribution in [0.2, 0.25) is 0 Å². The molecule has 0 spiro atoms. The SMILES string of the molecule is Cc1nn(CC(C)C)c(C)c1CC(=O)NNc1c(F)c(F)c(F)c(F)c1F. The lowest BCUT2D eigenvalue weighted by atomic mass is 10.1. The van der Waals surface area contributed by atoms with Gasteiger partial charge >= 0.3 is 0 Å². The van der Waals surface area contributed by atoms with Gasteiger partial charge in [-0.25, -0.2) is 22.0 Å². The summed E-state index contributed by atoms with van der Waals surface area (Å²) >= 11 is 0. The Morgan fingerprint density at radius 1 is 1.00 bits per heavy atom. The molecule has 2 aromatic rings. The number of amides is 1. The molecule has 0 unspecified atom stereocenters. The number of hydrogen-bond acceptors (Lipinski definition) is 3. The van der Waals surface area contributed by atoms with Crippen LogP contribution in [0.15, 0.2) is 0 Å². The number of aryl methyl sites for hydroxylation is 1. The number of benzene rings is 1. The van der Waals surface area contributed by atoms with E-state index in [-0.39, 0.29) is 6.42 Å². The topological polar surface area (TPSA) is 59.0 Å². The van der Waals surface area contributed by atoms with Gasteiger partial charge in [0.15, 0.2) is 23.3 Å². The number of carbonyl (C=O) groups is 1. The highest BCUT2D eigenvalue weighted by molar-refractivity contribution is 5.80. The first kappa shape index (κ1) is 20.7. The highest BCUT2D eigenvalue weighted by atomic mass is 19.2. The van der Waals surface area contributed by atoms with Gasteiger partial charge in [0, 0.05) is 17.8 Å². The van der Waals surface area contributed by atoms with Gasteiger partial charge < -0.3 is 0 Å². The highest BCUT2D eigenvalue weighted by Gasteiger charge is 2.26. The zero-order valence-corrected chi connectivity index (χ0v) is 15.2. The Bertz CT molecular complexity index is 850. The molecule has 10 heteroatoms. The van der Waals surface area contributed by atoms with Crippen molar-refractivity contribution in [2.24, 2.45) is 5.92 Å². The number of halogens is 5. The molecular formula is C17H19F5N4O. The summed E-state index contributed by atoms with van der Waals surface area (Å²) in [7, 11) is 0. The number of carbonyl (C=O) groups excluding carboxylic acids is 1. The lowest BCUT2D eigenvalue weighted by Crippen LogP contribution is -2.32. The first-order chi connectivity index (χ1) is 12.5. The van der Waals surface area contributed by atoms with Gasteiger partial charge in [0.25, 0.3) is 0 Å². The van der Waals surface area contributed by atoms with E-state index in [0.717, 1.165) is 5.69 Å². The molecule has 0 bridgehead atoms. The van der Waals surface area contributed by atoms with Crippen molar-refractivity contribution in [3.63, 3.8) is 0 Å². The number of anilines is 1. The lowest BCUT2D eigenvalue weighted by Gasteiger charge is -2.12. The van der Waals surface area contributed by atoms with Crippen molar-refractivity contribution in [1.82, 2.24) is 15.2 Å². The molecule has 0 aliphatic carbocycles. The Kier molecular flexibility index (Phi) is 6.07. The van der Waals surface area contributed by atoms with Crippen molar-refractivity contribution in [3.05, 3.63) is 46.0 Å². The van der Waals surface area contributed by atoms with E-state index in [1.807, 2.05) is 19.3 Å². The molecule has 2 N–H and O–H groups in total. The van der Waals surface area contributed by atoms with Crippen LogP contribution in [-0.2, 0) is 17.8 Å². The minimum atomic E-state index is -2.27. The summed E-state index contributed by atoms with van der Waals surface area (Å²) in [6.07, 6.45) is -0.182. The van der Waals surface area contributed by atoms with Crippen LogP contribution in [-0.4, -0.2) is 15.7 Å². The minimum absolute atomic E-state index is 0.182. The van der Waals surface area contributed by atoms with Crippen LogP contribution in [0.5, 0.6) is 0 Å². The van der Waals surface area contributed by atoms with Gasteiger partial charge in [-0.05, 0) is 19.8 Å². The third kappa shape index (κ3) is 4.20. The summed E-state index contributed by atoms with van der Waals surface area (Å²) in [6.45, 7) is 8.16. The van der Waals surface area contributed by atoms with Gasteiger partial charge in [0.1, 0.15) is 5.69 Å². The van der Waals surface area contributed by atoms with E-state index in [1.165, 1.54) is 0 Å². The molecule has 0 atom stereocenters. The summed E-state index contributed by atoms with van der Waals surface area (Å²) in [4.78, 5) is 12.1. The van der Waals surface area contributed by atoms with Gasteiger partial charge in [-0.2, -0.15) is 5.10 Å². The van der Waals surface area contributed by atoms with Crippen molar-refractivity contribution >= 4 is 11.6 Å². The Balaban J connectivity index is 2.14. The summed E-state index contributed by atoms with van der Waals surface area (Å²) in [6, 6.07) is 0. The molecule has 0 saturated heterocycles. The smallest absolute Gasteiger partial charge is 0.242 e. The molecule has 1 aromatic heterocycles. The second kappa shape index (κ2) is 7.93. The standard InChI is InChI=1S/C17H19F5N4O/c1-7(2)6-26-9(4)10(8(3)25-26)5-11(27)23-24-17-15(21)13(19)12(18)14(20)16(17)22/h7,24H,5-6H2,1-4H3,(H,23,27). The third-order valence-electron chi connectivity index (χ3n) is 3.94. The molecule has 148 valence electrons. The third-order valence-corrected chi connectivity index (χ3v) is 3.94. The molecule has 5 nitrogen and oxygen atoms in total. The average molecular weight is 390 g/mol. The fraction of sp³-hybridized carbons (Fsp3) is 0.412. The van der Waals surface area contributed by atoms with E-state index < -0.39 is 40.7 Å². The molecule has 1 aromatic carbocycles. The van der Waals surface area contributed by atoms with Gasteiger partial charge in [-0.1, -0.05) is 13.8 Å². The minimum Gasteiger partial charge on any atom is -0.293 e. The largest absolute Gasteiger partial charge is 0.293 e. The Morgan fingerprint density at radius 2 is 1.52 bits per heavy atom. The summed E-state index contributed by atoms with van der Waals surface area (Å²) in [5.41, 5.74) is 4.37. The summed E-state index contributed by atoms with van der Waals surface area (Å²) in [5.74, 6) is -11.0. The molecule has 1 amide bonds.